The van der Waals surface area contributed by atoms with Crippen molar-refractivity contribution in [3.63, 3.8) is 0 Å². The first-order chi connectivity index (χ1) is 11.2. The molecular formula is C16H13NO5S. The van der Waals surface area contributed by atoms with Gasteiger partial charge in [-0.15, -0.1) is 11.3 Å². The number of carbonyl (C=O) groups excluding carboxylic acids is 2. The van der Waals surface area contributed by atoms with Gasteiger partial charge in [0.1, 0.15) is 0 Å². The molecule has 2 aromatic rings. The quantitative estimate of drug-likeness (QED) is 0.673. The van der Waals surface area contributed by atoms with E-state index in [1.165, 1.54) is 17.4 Å². The van der Waals surface area contributed by atoms with Gasteiger partial charge in [0.2, 0.25) is 6.79 Å². The van der Waals surface area contributed by atoms with Crippen LogP contribution >= 0.6 is 11.3 Å². The summed E-state index contributed by atoms with van der Waals surface area (Å²) in [6.07, 6.45) is 2.93. The summed E-state index contributed by atoms with van der Waals surface area (Å²) in [7, 11) is 0. The molecule has 0 atom stereocenters. The first-order valence-corrected chi connectivity index (χ1v) is 7.66. The number of anilines is 1. The number of esters is 1. The molecule has 0 saturated heterocycles. The Morgan fingerprint density at radius 3 is 2.96 bits per heavy atom. The van der Waals surface area contributed by atoms with E-state index in [-0.39, 0.29) is 13.4 Å². The number of amides is 1. The molecule has 0 saturated carbocycles. The van der Waals surface area contributed by atoms with Crippen LogP contribution in [0.25, 0.3) is 6.08 Å². The lowest BCUT2D eigenvalue weighted by Gasteiger charge is -2.06. The maximum atomic E-state index is 11.8. The van der Waals surface area contributed by atoms with Crippen LogP contribution in [-0.4, -0.2) is 25.3 Å². The first kappa shape index (κ1) is 15.1. The van der Waals surface area contributed by atoms with Crippen molar-refractivity contribution in [3.05, 3.63) is 46.7 Å². The highest BCUT2D eigenvalue weighted by Crippen LogP contribution is 2.34. The van der Waals surface area contributed by atoms with Gasteiger partial charge in [0.05, 0.1) is 0 Å². The number of fused-ring (bicyclic) bond motifs is 1. The predicted molar refractivity (Wildman–Crippen MR) is 85.5 cm³/mol. The van der Waals surface area contributed by atoms with Gasteiger partial charge in [-0.05, 0) is 29.7 Å². The number of carbonyl (C=O) groups is 2. The summed E-state index contributed by atoms with van der Waals surface area (Å²) in [6.45, 7) is -0.191. The Morgan fingerprint density at radius 1 is 1.26 bits per heavy atom. The van der Waals surface area contributed by atoms with Gasteiger partial charge in [-0.1, -0.05) is 6.07 Å². The highest BCUT2D eigenvalue weighted by Gasteiger charge is 2.14. The van der Waals surface area contributed by atoms with E-state index in [0.717, 1.165) is 4.88 Å². The van der Waals surface area contributed by atoms with Crippen LogP contribution in [0.4, 0.5) is 5.69 Å². The molecule has 118 valence electrons. The summed E-state index contributed by atoms with van der Waals surface area (Å²) in [5, 5.41) is 4.53. The number of thiophene rings is 1. The van der Waals surface area contributed by atoms with Crippen molar-refractivity contribution in [2.24, 2.45) is 0 Å². The normalized spacial score (nSPS) is 12.3. The minimum atomic E-state index is -0.570. The fourth-order valence-electron chi connectivity index (χ4n) is 1.89. The van der Waals surface area contributed by atoms with Crippen molar-refractivity contribution in [2.45, 2.75) is 0 Å². The van der Waals surface area contributed by atoms with E-state index < -0.39 is 11.9 Å². The van der Waals surface area contributed by atoms with E-state index in [0.29, 0.717) is 17.2 Å². The zero-order chi connectivity index (χ0) is 16.1. The van der Waals surface area contributed by atoms with Crippen LogP contribution in [0.3, 0.4) is 0 Å². The summed E-state index contributed by atoms with van der Waals surface area (Å²) in [5.41, 5.74) is 0.546. The largest absolute Gasteiger partial charge is 0.454 e. The highest BCUT2D eigenvalue weighted by atomic mass is 32.1. The molecule has 1 aromatic carbocycles. The van der Waals surface area contributed by atoms with Crippen LogP contribution in [0.5, 0.6) is 11.5 Å². The fourth-order valence-corrected chi connectivity index (χ4v) is 2.51. The minimum Gasteiger partial charge on any atom is -0.454 e. The fraction of sp³-hybridized carbons (Fsp3) is 0.125. The molecule has 0 bridgehead atoms. The van der Waals surface area contributed by atoms with Crippen LogP contribution in [-0.2, 0) is 14.3 Å². The van der Waals surface area contributed by atoms with Gasteiger partial charge in [-0.3, -0.25) is 4.79 Å². The Balaban J connectivity index is 1.47. The van der Waals surface area contributed by atoms with Crippen molar-refractivity contribution >= 4 is 35.0 Å². The van der Waals surface area contributed by atoms with Gasteiger partial charge in [0.25, 0.3) is 5.91 Å². The molecule has 2 heterocycles. The summed E-state index contributed by atoms with van der Waals surface area (Å²) in [4.78, 5) is 24.2. The third-order valence-electron chi connectivity index (χ3n) is 2.93. The topological polar surface area (TPSA) is 73.9 Å². The molecule has 0 unspecified atom stereocenters. The molecule has 1 amide bonds. The molecule has 0 radical (unpaired) electrons. The maximum Gasteiger partial charge on any atom is 0.331 e. The number of benzene rings is 1. The molecule has 0 fully saturated rings. The van der Waals surface area contributed by atoms with Gasteiger partial charge in [0.15, 0.2) is 18.1 Å². The molecule has 1 aliphatic rings. The lowest BCUT2D eigenvalue weighted by molar-refractivity contribution is -0.142. The number of hydrogen-bond donors (Lipinski definition) is 1. The molecule has 0 aliphatic carbocycles. The number of nitrogens with one attached hydrogen (secondary N) is 1. The van der Waals surface area contributed by atoms with Gasteiger partial charge in [-0.2, -0.15) is 0 Å². The van der Waals surface area contributed by atoms with Crippen molar-refractivity contribution in [1.29, 1.82) is 0 Å². The second-order valence-electron chi connectivity index (χ2n) is 4.57. The van der Waals surface area contributed by atoms with Crippen molar-refractivity contribution in [3.8, 4) is 11.5 Å². The maximum absolute atomic E-state index is 11.8. The molecule has 1 N–H and O–H groups in total. The van der Waals surface area contributed by atoms with Crippen LogP contribution in [0.1, 0.15) is 4.88 Å². The van der Waals surface area contributed by atoms with Gasteiger partial charge in [-0.25, -0.2) is 4.79 Å². The Bertz CT molecular complexity index is 739. The molecule has 3 rings (SSSR count). The van der Waals surface area contributed by atoms with Crippen LogP contribution in [0.2, 0.25) is 0 Å². The Labute approximate surface area is 136 Å². The second kappa shape index (κ2) is 6.97. The summed E-state index contributed by atoms with van der Waals surface area (Å²) in [6, 6.07) is 8.80. The standard InChI is InChI=1S/C16H13NO5S/c18-15(9-20-16(19)6-4-12-2-1-7-23-12)17-11-3-5-13-14(8-11)22-10-21-13/h1-8H,9-10H2,(H,17,18)/b6-4+. The molecule has 23 heavy (non-hydrogen) atoms. The van der Waals surface area contributed by atoms with Crippen molar-refractivity contribution < 1.29 is 23.8 Å². The number of ether oxygens (including phenoxy) is 3. The van der Waals surface area contributed by atoms with Crippen molar-refractivity contribution in [2.75, 3.05) is 18.7 Å². The number of rotatable bonds is 5. The van der Waals surface area contributed by atoms with Crippen LogP contribution in [0.15, 0.2) is 41.8 Å². The van der Waals surface area contributed by atoms with Gasteiger partial charge >= 0.3 is 5.97 Å². The van der Waals surface area contributed by atoms with Crippen LogP contribution in [0, 0.1) is 0 Å². The van der Waals surface area contributed by atoms with E-state index in [9.17, 15) is 9.59 Å². The minimum absolute atomic E-state index is 0.168. The lowest BCUT2D eigenvalue weighted by atomic mass is 10.3. The van der Waals surface area contributed by atoms with E-state index >= 15 is 0 Å². The van der Waals surface area contributed by atoms with Crippen LogP contribution < -0.4 is 14.8 Å². The average Bonchev–Trinajstić information content (AvgIpc) is 3.21. The molecule has 1 aliphatic heterocycles. The smallest absolute Gasteiger partial charge is 0.331 e. The lowest BCUT2D eigenvalue weighted by Crippen LogP contribution is -2.20. The van der Waals surface area contributed by atoms with E-state index in [1.54, 1.807) is 24.3 Å². The SMILES string of the molecule is O=C(COC(=O)/C=C/c1cccs1)Nc1ccc2c(c1)OCO2. The predicted octanol–water partition coefficient (Wildman–Crippen LogP) is 2.67. The number of hydrogen-bond acceptors (Lipinski definition) is 6. The highest BCUT2D eigenvalue weighted by molar-refractivity contribution is 7.10. The molecule has 7 heteroatoms. The van der Waals surface area contributed by atoms with E-state index in [1.807, 2.05) is 17.5 Å². The monoisotopic (exact) mass is 331 g/mol. The third kappa shape index (κ3) is 4.10. The summed E-state index contributed by atoms with van der Waals surface area (Å²) in [5.74, 6) is 0.202. The Morgan fingerprint density at radius 2 is 2.13 bits per heavy atom. The van der Waals surface area contributed by atoms with E-state index in [4.69, 9.17) is 14.2 Å². The van der Waals surface area contributed by atoms with E-state index in [2.05, 4.69) is 5.32 Å². The summed E-state index contributed by atoms with van der Waals surface area (Å²) >= 11 is 1.50. The molecule has 1 aromatic heterocycles. The first-order valence-electron chi connectivity index (χ1n) is 6.78. The molecule has 6 nitrogen and oxygen atoms in total. The average molecular weight is 331 g/mol. The zero-order valence-electron chi connectivity index (χ0n) is 12.0. The molecule has 0 spiro atoms. The summed E-state index contributed by atoms with van der Waals surface area (Å²) < 4.78 is 15.3. The zero-order valence-corrected chi connectivity index (χ0v) is 12.8. The molecular weight excluding hydrogens is 318 g/mol. The second-order valence-corrected chi connectivity index (χ2v) is 5.55. The van der Waals surface area contributed by atoms with Gasteiger partial charge < -0.3 is 19.5 Å². The van der Waals surface area contributed by atoms with Crippen molar-refractivity contribution in [1.82, 2.24) is 0 Å². The Hall–Kier alpha value is -2.80. The Kier molecular flexibility index (Phi) is 4.58. The third-order valence-corrected chi connectivity index (χ3v) is 3.77. The van der Waals surface area contributed by atoms with Gasteiger partial charge in [0, 0.05) is 22.7 Å².